The van der Waals surface area contributed by atoms with Gasteiger partial charge in [0.2, 0.25) is 0 Å². The van der Waals surface area contributed by atoms with E-state index in [4.69, 9.17) is 28.4 Å². The van der Waals surface area contributed by atoms with Crippen molar-refractivity contribution < 1.29 is 33.2 Å². The Morgan fingerprint density at radius 1 is 0.762 bits per heavy atom. The molecule has 1 atom stereocenters. The molecule has 0 saturated carbocycles. The number of hydrogen-bond acceptors (Lipinski definition) is 7. The fourth-order valence-electron chi connectivity index (χ4n) is 5.28. The van der Waals surface area contributed by atoms with Crippen molar-refractivity contribution in [2.24, 2.45) is 0 Å². The molecule has 0 spiro atoms. The Kier molecular flexibility index (Phi) is 8.67. The minimum absolute atomic E-state index is 0.122. The number of benzene rings is 4. The molecule has 0 N–H and O–H groups in total. The summed E-state index contributed by atoms with van der Waals surface area (Å²) in [6.45, 7) is 1.89. The lowest BCUT2D eigenvalue weighted by Crippen LogP contribution is -2.17. The van der Waals surface area contributed by atoms with Crippen molar-refractivity contribution in [3.63, 3.8) is 0 Å². The highest BCUT2D eigenvalue weighted by atomic mass is 16.5. The first-order chi connectivity index (χ1) is 20.5. The minimum atomic E-state index is -0.494. The van der Waals surface area contributed by atoms with Gasteiger partial charge in [0.1, 0.15) is 40.6 Å². The maximum Gasteiger partial charge on any atom is 0.343 e. The van der Waals surface area contributed by atoms with Gasteiger partial charge < -0.3 is 28.4 Å². The number of rotatable bonds is 9. The molecule has 216 valence electrons. The van der Waals surface area contributed by atoms with E-state index in [0.29, 0.717) is 45.6 Å². The van der Waals surface area contributed by atoms with Crippen molar-refractivity contribution in [2.45, 2.75) is 25.9 Å². The summed E-state index contributed by atoms with van der Waals surface area (Å²) in [5, 5.41) is 0. The van der Waals surface area contributed by atoms with Crippen LogP contribution in [0.4, 0.5) is 0 Å². The van der Waals surface area contributed by atoms with Gasteiger partial charge in [0.25, 0.3) is 0 Å². The van der Waals surface area contributed by atoms with Crippen LogP contribution in [0.15, 0.2) is 72.8 Å². The van der Waals surface area contributed by atoms with E-state index >= 15 is 0 Å². The van der Waals surface area contributed by atoms with Gasteiger partial charge in [-0.25, -0.2) is 4.79 Å². The Labute approximate surface area is 246 Å². The van der Waals surface area contributed by atoms with Crippen LogP contribution in [0, 0.1) is 6.92 Å². The number of hydrogen-bond donors (Lipinski definition) is 0. The van der Waals surface area contributed by atoms with E-state index in [1.54, 1.807) is 58.8 Å². The molecule has 0 radical (unpaired) electrons. The summed E-state index contributed by atoms with van der Waals surface area (Å²) in [6.07, 6.45) is 5.21. The topological polar surface area (TPSA) is 72.5 Å². The second-order valence-corrected chi connectivity index (χ2v) is 9.80. The number of carbonyl (C=O) groups excluding carboxylic acids is 1. The van der Waals surface area contributed by atoms with Crippen LogP contribution in [0.5, 0.6) is 34.5 Å². The SMILES string of the molecule is COc1cc(OC(=O)c2ccccc2)c(/C=C/c2c(OC)cc(OC)c3c2O[C@H](c2ccccc2)CC3)c(OC)c1C. The molecule has 0 fully saturated rings. The second-order valence-electron chi connectivity index (χ2n) is 9.80. The Balaban J connectivity index is 1.62. The zero-order valence-electron chi connectivity index (χ0n) is 24.4. The van der Waals surface area contributed by atoms with Crippen LogP contribution < -0.4 is 28.4 Å². The van der Waals surface area contributed by atoms with Gasteiger partial charge in [-0.15, -0.1) is 0 Å². The lowest BCUT2D eigenvalue weighted by molar-refractivity contribution is 0.0733. The number of carbonyl (C=O) groups is 1. The van der Waals surface area contributed by atoms with E-state index in [-0.39, 0.29) is 6.10 Å². The first-order valence-corrected chi connectivity index (χ1v) is 13.7. The molecule has 0 saturated heterocycles. The molecule has 1 heterocycles. The molecule has 1 aliphatic rings. The summed E-state index contributed by atoms with van der Waals surface area (Å²) in [5.41, 5.74) is 4.58. The predicted molar refractivity (Wildman–Crippen MR) is 162 cm³/mol. The van der Waals surface area contributed by atoms with Crippen molar-refractivity contribution in [1.29, 1.82) is 0 Å². The van der Waals surface area contributed by atoms with E-state index in [9.17, 15) is 4.79 Å². The van der Waals surface area contributed by atoms with Gasteiger partial charge in [0.05, 0.1) is 45.1 Å². The number of ether oxygens (including phenoxy) is 6. The predicted octanol–water partition coefficient (Wildman–Crippen LogP) is 7.49. The molecule has 1 aliphatic heterocycles. The van der Waals surface area contributed by atoms with Gasteiger partial charge in [-0.3, -0.25) is 0 Å². The van der Waals surface area contributed by atoms with Crippen molar-refractivity contribution in [3.05, 3.63) is 106 Å². The third-order valence-corrected chi connectivity index (χ3v) is 7.41. The van der Waals surface area contributed by atoms with Crippen LogP contribution in [0.2, 0.25) is 0 Å². The van der Waals surface area contributed by atoms with Crippen molar-refractivity contribution in [2.75, 3.05) is 28.4 Å². The summed E-state index contributed by atoms with van der Waals surface area (Å²) in [6, 6.07) is 22.6. The molecular formula is C35H34O7. The normalized spacial score (nSPS) is 14.1. The maximum absolute atomic E-state index is 13.1. The second kappa shape index (κ2) is 12.7. The van der Waals surface area contributed by atoms with Crippen LogP contribution in [0.1, 0.15) is 50.7 Å². The largest absolute Gasteiger partial charge is 0.496 e. The van der Waals surface area contributed by atoms with Gasteiger partial charge in [0.15, 0.2) is 0 Å². The summed E-state index contributed by atoms with van der Waals surface area (Å²) in [4.78, 5) is 13.1. The third kappa shape index (κ3) is 5.63. The van der Waals surface area contributed by atoms with Gasteiger partial charge >= 0.3 is 5.97 Å². The number of esters is 1. The van der Waals surface area contributed by atoms with E-state index in [2.05, 4.69) is 12.1 Å². The lowest BCUT2D eigenvalue weighted by Gasteiger charge is -2.30. The summed E-state index contributed by atoms with van der Waals surface area (Å²) in [5.74, 6) is 2.84. The fourth-order valence-corrected chi connectivity index (χ4v) is 5.28. The van der Waals surface area contributed by atoms with Gasteiger partial charge in [-0.2, -0.15) is 0 Å². The first-order valence-electron chi connectivity index (χ1n) is 13.7. The Morgan fingerprint density at radius 3 is 2.02 bits per heavy atom. The van der Waals surface area contributed by atoms with Gasteiger partial charge in [-0.1, -0.05) is 48.5 Å². The standard InChI is InChI=1S/C35H34O7/c1-22-29(37-2)20-32(42-35(36)24-14-10-7-11-15-24)27(33(22)40-5)17-16-25-30(38-3)21-31(39-4)26-18-19-28(41-34(25)26)23-12-8-6-9-13-23/h6-17,20-21,28H,18-19H2,1-5H3/b17-16+/t28-/m0/s1. The quantitative estimate of drug-likeness (QED) is 0.118. The molecule has 7 nitrogen and oxygen atoms in total. The molecule has 4 aromatic rings. The summed E-state index contributed by atoms with van der Waals surface area (Å²) >= 11 is 0. The van der Waals surface area contributed by atoms with Crippen molar-refractivity contribution in [3.8, 4) is 34.5 Å². The smallest absolute Gasteiger partial charge is 0.343 e. The first kappa shape index (κ1) is 28.6. The van der Waals surface area contributed by atoms with Crippen molar-refractivity contribution >= 4 is 18.1 Å². The van der Waals surface area contributed by atoms with Gasteiger partial charge in [0, 0.05) is 23.3 Å². The molecule has 5 rings (SSSR count). The van der Waals surface area contributed by atoms with Crippen LogP contribution in [-0.4, -0.2) is 34.4 Å². The highest BCUT2D eigenvalue weighted by Crippen LogP contribution is 2.47. The molecule has 42 heavy (non-hydrogen) atoms. The Hall–Kier alpha value is -4.91. The van der Waals surface area contributed by atoms with Gasteiger partial charge in [-0.05, 0) is 49.6 Å². The molecule has 0 unspecified atom stereocenters. The van der Waals surface area contributed by atoms with Crippen LogP contribution >= 0.6 is 0 Å². The highest BCUT2D eigenvalue weighted by Gasteiger charge is 2.28. The molecular weight excluding hydrogens is 532 g/mol. The Morgan fingerprint density at radius 2 is 1.38 bits per heavy atom. The summed E-state index contributed by atoms with van der Waals surface area (Å²) in [7, 11) is 6.40. The zero-order chi connectivity index (χ0) is 29.6. The average molecular weight is 567 g/mol. The molecule has 0 aliphatic carbocycles. The minimum Gasteiger partial charge on any atom is -0.496 e. The molecule has 4 aromatic carbocycles. The molecule has 0 bridgehead atoms. The monoisotopic (exact) mass is 566 g/mol. The fraction of sp³-hybridized carbons (Fsp3) is 0.229. The van der Waals surface area contributed by atoms with Crippen LogP contribution in [0.3, 0.4) is 0 Å². The highest BCUT2D eigenvalue weighted by molar-refractivity contribution is 5.92. The van der Waals surface area contributed by atoms with Crippen molar-refractivity contribution in [1.82, 2.24) is 0 Å². The lowest BCUT2D eigenvalue weighted by atomic mass is 9.94. The van der Waals surface area contributed by atoms with E-state index in [0.717, 1.165) is 35.1 Å². The molecule has 7 heteroatoms. The van der Waals surface area contributed by atoms with E-state index in [1.807, 2.05) is 49.4 Å². The Bertz CT molecular complexity index is 1590. The van der Waals surface area contributed by atoms with E-state index < -0.39 is 5.97 Å². The maximum atomic E-state index is 13.1. The third-order valence-electron chi connectivity index (χ3n) is 7.41. The average Bonchev–Trinajstić information content (AvgIpc) is 3.04. The van der Waals surface area contributed by atoms with E-state index in [1.165, 1.54) is 0 Å². The molecule has 0 amide bonds. The number of methoxy groups -OCH3 is 4. The van der Waals surface area contributed by atoms with Crippen LogP contribution in [-0.2, 0) is 6.42 Å². The number of fused-ring (bicyclic) bond motifs is 1. The van der Waals surface area contributed by atoms with Crippen LogP contribution in [0.25, 0.3) is 12.2 Å². The zero-order valence-corrected chi connectivity index (χ0v) is 24.4. The molecule has 0 aromatic heterocycles. The summed E-state index contributed by atoms with van der Waals surface area (Å²) < 4.78 is 35.5.